The second-order valence-electron chi connectivity index (χ2n) is 17.7. The third-order valence-electron chi connectivity index (χ3n) is 14.8. The smallest absolute Gasteiger partial charge is 0.314 e. The van der Waals surface area contributed by atoms with Gasteiger partial charge < -0.3 is 84.6 Å². The Hall–Kier alpha value is -1.43. The normalized spacial score (nSPS) is 53.2. The molecule has 0 amide bonds. The van der Waals surface area contributed by atoms with Crippen LogP contribution in [0.5, 0.6) is 0 Å². The molecule has 4 saturated carbocycles. The fraction of sp³-hybridized carbons (Fsp3) is 0.921. The highest BCUT2D eigenvalue weighted by molar-refractivity contribution is 5.77. The summed E-state index contributed by atoms with van der Waals surface area (Å²) in [5.41, 5.74) is -0.749. The van der Waals surface area contributed by atoms with Crippen molar-refractivity contribution in [2.45, 2.75) is 157 Å². The fourth-order valence-electron chi connectivity index (χ4n) is 11.9. The molecule has 7 rings (SSSR count). The summed E-state index contributed by atoms with van der Waals surface area (Å²) < 4.78 is 35.1. The van der Waals surface area contributed by atoms with E-state index in [1.54, 1.807) is 0 Å². The summed E-state index contributed by atoms with van der Waals surface area (Å²) in [4.78, 5) is 14.4. The monoisotopic (exact) mass is 804 g/mol. The summed E-state index contributed by atoms with van der Waals surface area (Å²) in [5.74, 6) is -0.599. The van der Waals surface area contributed by atoms with Crippen LogP contribution in [0.2, 0.25) is 0 Å². The SMILES string of the molecule is C=C1C[C@]23CC[C@H]4C(C)(C(=O)O[C@@H]5O[C@H](CO)[C@@H](O)[C@H](O)[C@H]5O)CCC[C@]4(CO[C@@H]4O[C@H](CO)[C@@H](O)[C@H](O[C@@H]5O[C@H](CO)[C@@H](O)[C@H](O)[C@H]5O)[C@H]4O)[C@H]2CC[C@@H]1C3. The molecule has 2 bridgehead atoms. The first-order chi connectivity index (χ1) is 26.5. The number of hydrogen-bond acceptors (Lipinski definition) is 18. The van der Waals surface area contributed by atoms with Gasteiger partial charge in [0.15, 0.2) is 12.6 Å². The highest BCUT2D eigenvalue weighted by Crippen LogP contribution is 2.72. The minimum atomic E-state index is -1.83. The molecule has 0 radical (unpaired) electrons. The average Bonchev–Trinajstić information content (AvgIpc) is 3.42. The molecule has 0 aromatic heterocycles. The lowest BCUT2D eigenvalue weighted by Gasteiger charge is -2.64. The maximum absolute atomic E-state index is 14.4. The van der Waals surface area contributed by atoms with Crippen molar-refractivity contribution in [1.29, 1.82) is 0 Å². The molecule has 11 N–H and O–H groups in total. The summed E-state index contributed by atoms with van der Waals surface area (Å²) in [6, 6.07) is 0. The van der Waals surface area contributed by atoms with E-state index in [4.69, 9.17) is 28.4 Å². The first-order valence-corrected chi connectivity index (χ1v) is 19.9. The third kappa shape index (κ3) is 6.98. The predicted molar refractivity (Wildman–Crippen MR) is 186 cm³/mol. The van der Waals surface area contributed by atoms with Gasteiger partial charge in [-0.1, -0.05) is 18.6 Å². The molecule has 1 unspecified atom stereocenters. The number of rotatable bonds is 10. The topological polar surface area (TPSA) is 295 Å². The molecule has 56 heavy (non-hydrogen) atoms. The second kappa shape index (κ2) is 16.2. The zero-order valence-corrected chi connectivity index (χ0v) is 31.6. The molecule has 0 aromatic carbocycles. The van der Waals surface area contributed by atoms with E-state index in [-0.39, 0.29) is 23.9 Å². The van der Waals surface area contributed by atoms with Gasteiger partial charge in [-0.15, -0.1) is 0 Å². The molecule has 320 valence electrons. The zero-order chi connectivity index (χ0) is 40.5. The van der Waals surface area contributed by atoms with Gasteiger partial charge in [0.1, 0.15) is 73.2 Å². The van der Waals surface area contributed by atoms with Crippen LogP contribution in [0.15, 0.2) is 12.2 Å². The van der Waals surface area contributed by atoms with Crippen molar-refractivity contribution < 1.29 is 89.4 Å². The summed E-state index contributed by atoms with van der Waals surface area (Å²) in [7, 11) is 0. The van der Waals surface area contributed by atoms with Crippen LogP contribution >= 0.6 is 0 Å². The molecule has 4 aliphatic carbocycles. The van der Waals surface area contributed by atoms with E-state index in [1.165, 1.54) is 5.57 Å². The standard InChI is InChI=1S/C38H60O18/c1-16-10-37-9-6-21-36(2,35(50)56-34-29(48)27(46)24(43)19(13-40)54-34)7-3-8-38(21,22(37)5-4-17(16)11-37)15-51-32-30(49)31(25(44)20(14-41)52-32)55-33-28(47)26(45)23(42)18(12-39)53-33/h17-34,39-49H,1,3-15H2,2H3/t17-,18-,19-,20-,21+,22+,23-,24-,25-,26+,27+,28-,29-,30-,31+,32-,33+,34+,36?,37+,38-/m1/s1. The van der Waals surface area contributed by atoms with Crippen LogP contribution in [0.4, 0.5) is 0 Å². The Bertz CT molecular complexity index is 1420. The van der Waals surface area contributed by atoms with E-state index in [1.807, 2.05) is 6.92 Å². The minimum absolute atomic E-state index is 0.0210. The summed E-state index contributed by atoms with van der Waals surface area (Å²) in [6.45, 7) is 4.07. The number of carbonyl (C=O) groups excluding carboxylic acids is 1. The van der Waals surface area contributed by atoms with Crippen LogP contribution in [0.25, 0.3) is 0 Å². The maximum atomic E-state index is 14.4. The van der Waals surface area contributed by atoms with Gasteiger partial charge in [0.2, 0.25) is 6.29 Å². The quantitative estimate of drug-likeness (QED) is 0.0771. The van der Waals surface area contributed by atoms with Gasteiger partial charge in [0.05, 0.1) is 31.8 Å². The van der Waals surface area contributed by atoms with Crippen LogP contribution < -0.4 is 0 Å². The molecule has 0 aromatic rings. The number of aliphatic hydroxyl groups excluding tert-OH is 11. The van der Waals surface area contributed by atoms with Gasteiger partial charge in [-0.05, 0) is 81.5 Å². The minimum Gasteiger partial charge on any atom is -0.432 e. The lowest BCUT2D eigenvalue weighted by Crippen LogP contribution is -2.66. The van der Waals surface area contributed by atoms with E-state index >= 15 is 0 Å². The Morgan fingerprint density at radius 1 is 0.696 bits per heavy atom. The molecular formula is C38H60O18. The molecule has 1 spiro atoms. The third-order valence-corrected chi connectivity index (χ3v) is 14.8. The molecule has 3 saturated heterocycles. The molecule has 21 atom stereocenters. The molecule has 18 heteroatoms. The van der Waals surface area contributed by atoms with Gasteiger partial charge in [-0.2, -0.15) is 0 Å². The molecule has 18 nitrogen and oxygen atoms in total. The summed E-state index contributed by atoms with van der Waals surface area (Å²) >= 11 is 0. The van der Waals surface area contributed by atoms with Crippen molar-refractivity contribution in [2.75, 3.05) is 26.4 Å². The molecule has 3 aliphatic heterocycles. The predicted octanol–water partition coefficient (Wildman–Crippen LogP) is -3.08. The van der Waals surface area contributed by atoms with Crippen molar-refractivity contribution in [3.05, 3.63) is 12.2 Å². The summed E-state index contributed by atoms with van der Waals surface area (Å²) in [6.07, 6.45) is -17.6. The van der Waals surface area contributed by atoms with Crippen molar-refractivity contribution >= 4 is 5.97 Å². The Balaban J connectivity index is 1.16. The van der Waals surface area contributed by atoms with Crippen LogP contribution in [-0.4, -0.2) is 181 Å². The lowest BCUT2D eigenvalue weighted by molar-refractivity contribution is -0.364. The Morgan fingerprint density at radius 2 is 1.29 bits per heavy atom. The lowest BCUT2D eigenvalue weighted by atomic mass is 9.40. The van der Waals surface area contributed by atoms with Crippen molar-refractivity contribution in [3.8, 4) is 0 Å². The highest BCUT2D eigenvalue weighted by atomic mass is 16.7. The number of ether oxygens (including phenoxy) is 6. The Morgan fingerprint density at radius 3 is 1.93 bits per heavy atom. The first kappa shape index (κ1) is 42.7. The van der Waals surface area contributed by atoms with Crippen LogP contribution in [-0.2, 0) is 33.2 Å². The van der Waals surface area contributed by atoms with E-state index in [0.29, 0.717) is 31.6 Å². The van der Waals surface area contributed by atoms with Crippen molar-refractivity contribution in [1.82, 2.24) is 0 Å². The van der Waals surface area contributed by atoms with E-state index in [0.717, 1.165) is 32.1 Å². The Kier molecular flexibility index (Phi) is 12.4. The summed E-state index contributed by atoms with van der Waals surface area (Å²) in [5, 5.41) is 115. The van der Waals surface area contributed by atoms with E-state index < -0.39 is 129 Å². The maximum Gasteiger partial charge on any atom is 0.314 e. The number of aliphatic hydroxyl groups is 11. The number of carbonyl (C=O) groups is 1. The number of fused-ring (bicyclic) bond motifs is 3. The van der Waals surface area contributed by atoms with Crippen LogP contribution in [0.1, 0.15) is 64.7 Å². The molecule has 3 heterocycles. The van der Waals surface area contributed by atoms with Crippen molar-refractivity contribution in [2.24, 2.45) is 34.0 Å². The largest absolute Gasteiger partial charge is 0.432 e. The molecular weight excluding hydrogens is 744 g/mol. The zero-order valence-electron chi connectivity index (χ0n) is 31.6. The number of allylic oxidation sites excluding steroid dienone is 1. The van der Waals surface area contributed by atoms with Gasteiger partial charge in [-0.25, -0.2) is 0 Å². The van der Waals surface area contributed by atoms with Gasteiger partial charge in [0.25, 0.3) is 0 Å². The van der Waals surface area contributed by atoms with Gasteiger partial charge in [0, 0.05) is 5.41 Å². The molecule has 7 fully saturated rings. The van der Waals surface area contributed by atoms with Gasteiger partial charge in [-0.3, -0.25) is 4.79 Å². The average molecular weight is 805 g/mol. The number of hydrogen-bond donors (Lipinski definition) is 11. The van der Waals surface area contributed by atoms with Crippen LogP contribution in [0.3, 0.4) is 0 Å². The second-order valence-corrected chi connectivity index (χ2v) is 17.7. The van der Waals surface area contributed by atoms with E-state index in [2.05, 4.69) is 6.58 Å². The molecule has 7 aliphatic rings. The van der Waals surface area contributed by atoms with E-state index in [9.17, 15) is 61.0 Å². The fourth-order valence-corrected chi connectivity index (χ4v) is 11.9. The van der Waals surface area contributed by atoms with Crippen LogP contribution in [0, 0.1) is 34.0 Å². The Labute approximate surface area is 324 Å². The van der Waals surface area contributed by atoms with Gasteiger partial charge >= 0.3 is 5.97 Å². The highest BCUT2D eigenvalue weighted by Gasteiger charge is 2.68. The van der Waals surface area contributed by atoms with Crippen molar-refractivity contribution in [3.63, 3.8) is 0 Å². The first-order valence-electron chi connectivity index (χ1n) is 19.9. The number of esters is 1.